The smallest absolute Gasteiger partial charge is 0.419 e. The fourth-order valence-corrected chi connectivity index (χ4v) is 1.49. The maximum Gasteiger partial charge on any atom is 0.419 e. The van der Waals surface area contributed by atoms with Crippen LogP contribution in [0.25, 0.3) is 0 Å². The number of benzene rings is 1. The van der Waals surface area contributed by atoms with Crippen molar-refractivity contribution in [2.45, 2.75) is 32.7 Å². The first-order valence-electron chi connectivity index (χ1n) is 5.99. The Labute approximate surface area is 110 Å². The molecule has 0 fully saturated rings. The number of hydrogen-bond acceptors (Lipinski definition) is 3. The molecule has 0 aliphatic heterocycles. The van der Waals surface area contributed by atoms with Gasteiger partial charge < -0.3 is 15.2 Å². The molecule has 0 amide bonds. The standard InChI is InChI=1S/C13H18F3NO2/c1-9(2)18-5-6-19-12-4-3-10(8-17)7-11(12)13(14,15)16/h3-4,7,9H,5-6,8,17H2,1-2H3. The molecule has 0 bridgehead atoms. The van der Waals surface area contributed by atoms with Crippen LogP contribution in [0.3, 0.4) is 0 Å². The Hall–Kier alpha value is -1.27. The van der Waals surface area contributed by atoms with Gasteiger partial charge in [-0.25, -0.2) is 0 Å². The van der Waals surface area contributed by atoms with E-state index in [-0.39, 0.29) is 31.6 Å². The van der Waals surface area contributed by atoms with Gasteiger partial charge in [-0.3, -0.25) is 0 Å². The second-order valence-corrected chi connectivity index (χ2v) is 4.30. The number of rotatable bonds is 6. The number of alkyl halides is 3. The van der Waals surface area contributed by atoms with Crippen molar-refractivity contribution in [3.05, 3.63) is 29.3 Å². The van der Waals surface area contributed by atoms with Crippen LogP contribution in [0.1, 0.15) is 25.0 Å². The van der Waals surface area contributed by atoms with Crippen molar-refractivity contribution in [1.29, 1.82) is 0 Å². The lowest BCUT2D eigenvalue weighted by Gasteiger charge is -2.15. The molecule has 19 heavy (non-hydrogen) atoms. The Balaban J connectivity index is 2.76. The zero-order valence-corrected chi connectivity index (χ0v) is 11.0. The van der Waals surface area contributed by atoms with Gasteiger partial charge in [0.15, 0.2) is 0 Å². The van der Waals surface area contributed by atoms with Crippen LogP contribution in [0.5, 0.6) is 5.75 Å². The molecule has 0 aliphatic rings. The molecule has 1 aromatic carbocycles. The summed E-state index contributed by atoms with van der Waals surface area (Å²) >= 11 is 0. The van der Waals surface area contributed by atoms with Crippen LogP contribution < -0.4 is 10.5 Å². The predicted molar refractivity (Wildman–Crippen MR) is 65.9 cm³/mol. The lowest BCUT2D eigenvalue weighted by Crippen LogP contribution is -2.14. The summed E-state index contributed by atoms with van der Waals surface area (Å²) in [5.41, 5.74) is 4.95. The quantitative estimate of drug-likeness (QED) is 0.813. The van der Waals surface area contributed by atoms with Gasteiger partial charge in [-0.15, -0.1) is 0 Å². The van der Waals surface area contributed by atoms with E-state index in [0.717, 1.165) is 6.07 Å². The van der Waals surface area contributed by atoms with Crippen molar-refractivity contribution in [3.8, 4) is 5.75 Å². The lowest BCUT2D eigenvalue weighted by molar-refractivity contribution is -0.139. The van der Waals surface area contributed by atoms with E-state index in [2.05, 4.69) is 0 Å². The molecule has 0 radical (unpaired) electrons. The van der Waals surface area contributed by atoms with Crippen LogP contribution >= 0.6 is 0 Å². The fourth-order valence-electron chi connectivity index (χ4n) is 1.49. The van der Waals surface area contributed by atoms with E-state index in [1.807, 2.05) is 13.8 Å². The molecule has 0 saturated carbocycles. The summed E-state index contributed by atoms with van der Waals surface area (Å²) in [7, 11) is 0. The second-order valence-electron chi connectivity index (χ2n) is 4.30. The highest BCUT2D eigenvalue weighted by Crippen LogP contribution is 2.36. The van der Waals surface area contributed by atoms with Gasteiger partial charge in [-0.2, -0.15) is 13.2 Å². The summed E-state index contributed by atoms with van der Waals surface area (Å²) in [5, 5.41) is 0. The first kappa shape index (κ1) is 15.8. The molecular weight excluding hydrogens is 259 g/mol. The topological polar surface area (TPSA) is 44.5 Å². The number of nitrogens with two attached hydrogens (primary N) is 1. The summed E-state index contributed by atoms with van der Waals surface area (Å²) in [6, 6.07) is 3.83. The minimum Gasteiger partial charge on any atom is -0.491 e. The van der Waals surface area contributed by atoms with E-state index in [1.165, 1.54) is 12.1 Å². The van der Waals surface area contributed by atoms with E-state index in [4.69, 9.17) is 15.2 Å². The molecule has 0 unspecified atom stereocenters. The summed E-state index contributed by atoms with van der Waals surface area (Å²) < 4.78 is 48.9. The normalized spacial score (nSPS) is 11.9. The second kappa shape index (κ2) is 6.77. The van der Waals surface area contributed by atoms with Crippen LogP contribution in [0.2, 0.25) is 0 Å². The van der Waals surface area contributed by atoms with Crippen LogP contribution in [0, 0.1) is 0 Å². The molecular formula is C13H18F3NO2. The largest absolute Gasteiger partial charge is 0.491 e. The van der Waals surface area contributed by atoms with Crippen LogP contribution in [0.4, 0.5) is 13.2 Å². The Morgan fingerprint density at radius 1 is 1.21 bits per heavy atom. The zero-order chi connectivity index (χ0) is 14.5. The van der Waals surface area contributed by atoms with E-state index < -0.39 is 11.7 Å². The number of hydrogen-bond donors (Lipinski definition) is 1. The molecule has 1 rings (SSSR count). The SMILES string of the molecule is CC(C)OCCOc1ccc(CN)cc1C(F)(F)F. The van der Waals surface area contributed by atoms with Crippen molar-refractivity contribution < 1.29 is 22.6 Å². The predicted octanol–water partition coefficient (Wildman–Crippen LogP) is 2.97. The van der Waals surface area contributed by atoms with E-state index in [0.29, 0.717) is 5.56 Å². The molecule has 1 aromatic rings. The molecule has 3 nitrogen and oxygen atoms in total. The first-order valence-corrected chi connectivity index (χ1v) is 5.99. The first-order chi connectivity index (χ1) is 8.84. The molecule has 0 aromatic heterocycles. The van der Waals surface area contributed by atoms with E-state index >= 15 is 0 Å². The molecule has 0 spiro atoms. The van der Waals surface area contributed by atoms with E-state index in [1.54, 1.807) is 0 Å². The Morgan fingerprint density at radius 2 is 1.89 bits per heavy atom. The van der Waals surface area contributed by atoms with Gasteiger partial charge in [-0.1, -0.05) is 6.07 Å². The molecule has 0 heterocycles. The average Bonchev–Trinajstić information content (AvgIpc) is 2.33. The monoisotopic (exact) mass is 277 g/mol. The van der Waals surface area contributed by atoms with Crippen molar-refractivity contribution in [2.75, 3.05) is 13.2 Å². The van der Waals surface area contributed by atoms with Crippen LogP contribution in [-0.4, -0.2) is 19.3 Å². The highest BCUT2D eigenvalue weighted by atomic mass is 19.4. The lowest BCUT2D eigenvalue weighted by atomic mass is 10.1. The third-order valence-corrected chi connectivity index (χ3v) is 2.38. The Morgan fingerprint density at radius 3 is 2.42 bits per heavy atom. The number of ether oxygens (including phenoxy) is 2. The van der Waals surface area contributed by atoms with Gasteiger partial charge in [0.1, 0.15) is 12.4 Å². The average molecular weight is 277 g/mol. The molecule has 2 N–H and O–H groups in total. The molecule has 6 heteroatoms. The Bertz CT molecular complexity index is 405. The van der Waals surface area contributed by atoms with Crippen molar-refractivity contribution in [1.82, 2.24) is 0 Å². The van der Waals surface area contributed by atoms with Crippen LogP contribution in [0.15, 0.2) is 18.2 Å². The van der Waals surface area contributed by atoms with Gasteiger partial charge in [-0.05, 0) is 31.5 Å². The van der Waals surface area contributed by atoms with Crippen molar-refractivity contribution in [3.63, 3.8) is 0 Å². The highest BCUT2D eigenvalue weighted by molar-refractivity contribution is 5.39. The van der Waals surface area contributed by atoms with Crippen LogP contribution in [-0.2, 0) is 17.5 Å². The highest BCUT2D eigenvalue weighted by Gasteiger charge is 2.34. The van der Waals surface area contributed by atoms with E-state index in [9.17, 15) is 13.2 Å². The van der Waals surface area contributed by atoms with Crippen molar-refractivity contribution in [2.24, 2.45) is 5.73 Å². The summed E-state index contributed by atoms with van der Waals surface area (Å²) in [5.74, 6) is -0.197. The zero-order valence-electron chi connectivity index (χ0n) is 11.0. The molecule has 108 valence electrons. The van der Waals surface area contributed by atoms with Gasteiger partial charge in [0.25, 0.3) is 0 Å². The summed E-state index contributed by atoms with van der Waals surface area (Å²) in [4.78, 5) is 0. The maximum absolute atomic E-state index is 12.9. The third-order valence-electron chi connectivity index (χ3n) is 2.38. The van der Waals surface area contributed by atoms with Crippen molar-refractivity contribution >= 4 is 0 Å². The molecule has 0 atom stereocenters. The summed E-state index contributed by atoms with van der Waals surface area (Å²) in [6.45, 7) is 4.06. The Kier molecular flexibility index (Phi) is 5.62. The van der Waals surface area contributed by atoms with Gasteiger partial charge in [0.2, 0.25) is 0 Å². The van der Waals surface area contributed by atoms with Gasteiger partial charge in [0.05, 0.1) is 18.3 Å². The summed E-state index contributed by atoms with van der Waals surface area (Å²) in [6.07, 6.45) is -4.44. The minimum atomic E-state index is -4.46. The maximum atomic E-state index is 12.9. The molecule has 0 aliphatic carbocycles. The third kappa shape index (κ3) is 5.08. The van der Waals surface area contributed by atoms with Gasteiger partial charge >= 0.3 is 6.18 Å². The minimum absolute atomic E-state index is 0.0188. The number of halogens is 3. The van der Waals surface area contributed by atoms with Gasteiger partial charge in [0, 0.05) is 6.54 Å². The molecule has 0 saturated heterocycles. The fraction of sp³-hybridized carbons (Fsp3) is 0.538.